The predicted octanol–water partition coefficient (Wildman–Crippen LogP) is 3.59. The molecule has 0 aromatic heterocycles. The summed E-state index contributed by atoms with van der Waals surface area (Å²) >= 11 is 0. The standard InChI is InChI=1S/C22H25FN2O3.ClH/c23-18-4-1-3-17(13-18)21-14-24-10-11-25(21)22(26)16-6-8-19(9-7-16)28-15-20-5-2-12-27-20;/h1,3-4,6-9,13,20-21,24H,2,5,10-12,14-15H2;1H. The van der Waals surface area contributed by atoms with E-state index in [0.29, 0.717) is 25.3 Å². The molecule has 0 spiro atoms. The number of halogens is 2. The van der Waals surface area contributed by atoms with Crippen LogP contribution in [0.3, 0.4) is 0 Å². The third kappa shape index (κ3) is 5.26. The Morgan fingerprint density at radius 2 is 2.07 bits per heavy atom. The summed E-state index contributed by atoms with van der Waals surface area (Å²) in [4.78, 5) is 14.9. The van der Waals surface area contributed by atoms with Gasteiger partial charge < -0.3 is 19.7 Å². The highest BCUT2D eigenvalue weighted by atomic mass is 35.5. The van der Waals surface area contributed by atoms with Gasteiger partial charge in [-0.1, -0.05) is 12.1 Å². The summed E-state index contributed by atoms with van der Waals surface area (Å²) in [5, 5.41) is 3.29. The third-order valence-corrected chi connectivity index (χ3v) is 5.30. The molecule has 0 bridgehead atoms. The highest BCUT2D eigenvalue weighted by Gasteiger charge is 2.28. The zero-order chi connectivity index (χ0) is 19.3. The number of amides is 1. The SMILES string of the molecule is Cl.O=C(c1ccc(OCC2CCCO2)cc1)N1CCNCC1c1cccc(F)c1. The van der Waals surface area contributed by atoms with Crippen molar-refractivity contribution in [1.29, 1.82) is 0 Å². The monoisotopic (exact) mass is 420 g/mol. The Morgan fingerprint density at radius 3 is 2.79 bits per heavy atom. The molecule has 1 N–H and O–H groups in total. The van der Waals surface area contributed by atoms with Gasteiger partial charge in [-0.25, -0.2) is 4.39 Å². The molecular weight excluding hydrogens is 395 g/mol. The second-order valence-corrected chi connectivity index (χ2v) is 7.24. The van der Waals surface area contributed by atoms with Gasteiger partial charge in [0.05, 0.1) is 12.1 Å². The van der Waals surface area contributed by atoms with E-state index in [1.165, 1.54) is 12.1 Å². The number of piperazine rings is 1. The maximum Gasteiger partial charge on any atom is 0.254 e. The van der Waals surface area contributed by atoms with E-state index in [1.807, 2.05) is 23.1 Å². The lowest BCUT2D eigenvalue weighted by Crippen LogP contribution is -2.48. The molecule has 2 aliphatic rings. The van der Waals surface area contributed by atoms with Crippen LogP contribution >= 0.6 is 12.4 Å². The molecule has 156 valence electrons. The van der Waals surface area contributed by atoms with Gasteiger partial charge in [0.15, 0.2) is 0 Å². The van der Waals surface area contributed by atoms with Gasteiger partial charge in [0.1, 0.15) is 18.2 Å². The molecule has 5 nitrogen and oxygen atoms in total. The number of carbonyl (C=O) groups excluding carboxylic acids is 1. The van der Waals surface area contributed by atoms with Gasteiger partial charge in [0.2, 0.25) is 0 Å². The Kier molecular flexibility index (Phi) is 7.47. The Balaban J connectivity index is 0.00000240. The topological polar surface area (TPSA) is 50.8 Å². The molecule has 2 aromatic rings. The van der Waals surface area contributed by atoms with Crippen molar-refractivity contribution in [3.63, 3.8) is 0 Å². The van der Waals surface area contributed by atoms with Crippen LogP contribution in [0.4, 0.5) is 4.39 Å². The van der Waals surface area contributed by atoms with Crippen LogP contribution in [0.5, 0.6) is 5.75 Å². The van der Waals surface area contributed by atoms with Gasteiger partial charge in [-0.15, -0.1) is 12.4 Å². The summed E-state index contributed by atoms with van der Waals surface area (Å²) in [6.45, 7) is 3.25. The normalized spacial score (nSPS) is 21.5. The quantitative estimate of drug-likeness (QED) is 0.803. The van der Waals surface area contributed by atoms with Crippen LogP contribution in [0.25, 0.3) is 0 Å². The molecule has 4 rings (SSSR count). The van der Waals surface area contributed by atoms with Gasteiger partial charge in [0, 0.05) is 31.8 Å². The minimum absolute atomic E-state index is 0. The smallest absolute Gasteiger partial charge is 0.254 e. The van der Waals surface area contributed by atoms with Crippen molar-refractivity contribution in [1.82, 2.24) is 10.2 Å². The van der Waals surface area contributed by atoms with E-state index in [2.05, 4.69) is 5.32 Å². The van der Waals surface area contributed by atoms with E-state index in [1.54, 1.807) is 18.2 Å². The molecular formula is C22H26ClFN2O3. The maximum absolute atomic E-state index is 13.7. The lowest BCUT2D eigenvalue weighted by atomic mass is 10.0. The minimum atomic E-state index is -0.289. The van der Waals surface area contributed by atoms with Crippen molar-refractivity contribution in [3.8, 4) is 5.75 Å². The molecule has 2 atom stereocenters. The van der Waals surface area contributed by atoms with Crippen LogP contribution in [0.15, 0.2) is 48.5 Å². The molecule has 2 aliphatic heterocycles. The van der Waals surface area contributed by atoms with Crippen LogP contribution in [0, 0.1) is 5.82 Å². The number of ether oxygens (including phenoxy) is 2. The number of carbonyl (C=O) groups is 1. The van der Waals surface area contributed by atoms with Gasteiger partial charge in [0.25, 0.3) is 5.91 Å². The molecule has 29 heavy (non-hydrogen) atoms. The Labute approximate surface area is 176 Å². The third-order valence-electron chi connectivity index (χ3n) is 5.30. The molecule has 0 radical (unpaired) electrons. The maximum atomic E-state index is 13.7. The molecule has 0 aliphatic carbocycles. The number of nitrogens with zero attached hydrogens (tertiary/aromatic N) is 1. The average molecular weight is 421 g/mol. The van der Waals surface area contributed by atoms with E-state index < -0.39 is 0 Å². The first-order valence-corrected chi connectivity index (χ1v) is 9.82. The first-order chi connectivity index (χ1) is 13.7. The lowest BCUT2D eigenvalue weighted by Gasteiger charge is -2.36. The number of hydrogen-bond acceptors (Lipinski definition) is 4. The Bertz CT molecular complexity index is 812. The number of hydrogen-bond donors (Lipinski definition) is 1. The van der Waals surface area contributed by atoms with Crippen molar-refractivity contribution in [2.75, 3.05) is 32.8 Å². The number of nitrogens with one attached hydrogen (secondary N) is 1. The molecule has 2 aromatic carbocycles. The van der Waals surface area contributed by atoms with Crippen molar-refractivity contribution in [2.45, 2.75) is 25.0 Å². The molecule has 2 unspecified atom stereocenters. The fourth-order valence-electron chi connectivity index (χ4n) is 3.78. The van der Waals surface area contributed by atoms with Crippen molar-refractivity contribution in [3.05, 3.63) is 65.5 Å². The van der Waals surface area contributed by atoms with E-state index in [-0.39, 0.29) is 36.3 Å². The Hall–Kier alpha value is -2.15. The second-order valence-electron chi connectivity index (χ2n) is 7.24. The van der Waals surface area contributed by atoms with Crippen LogP contribution in [-0.4, -0.2) is 49.8 Å². The fraction of sp³-hybridized carbons (Fsp3) is 0.409. The minimum Gasteiger partial charge on any atom is -0.491 e. The predicted molar refractivity (Wildman–Crippen MR) is 111 cm³/mol. The molecule has 7 heteroatoms. The average Bonchev–Trinajstić information content (AvgIpc) is 3.26. The Morgan fingerprint density at radius 1 is 1.24 bits per heavy atom. The highest BCUT2D eigenvalue weighted by molar-refractivity contribution is 5.94. The lowest BCUT2D eigenvalue weighted by molar-refractivity contribution is 0.0632. The van der Waals surface area contributed by atoms with Gasteiger partial charge in [-0.05, 0) is 54.8 Å². The summed E-state index contributed by atoms with van der Waals surface area (Å²) in [5.74, 6) is 0.388. The van der Waals surface area contributed by atoms with Gasteiger partial charge in [-0.3, -0.25) is 4.79 Å². The first kappa shape index (κ1) is 21.6. The summed E-state index contributed by atoms with van der Waals surface area (Å²) in [6.07, 6.45) is 2.27. The van der Waals surface area contributed by atoms with Crippen molar-refractivity contribution < 1.29 is 18.7 Å². The van der Waals surface area contributed by atoms with Crippen LogP contribution < -0.4 is 10.1 Å². The van der Waals surface area contributed by atoms with E-state index >= 15 is 0 Å². The largest absolute Gasteiger partial charge is 0.491 e. The second kappa shape index (κ2) is 10.1. The van der Waals surface area contributed by atoms with Crippen molar-refractivity contribution >= 4 is 18.3 Å². The zero-order valence-corrected chi connectivity index (χ0v) is 17.0. The van der Waals surface area contributed by atoms with Crippen molar-refractivity contribution in [2.24, 2.45) is 0 Å². The van der Waals surface area contributed by atoms with E-state index in [9.17, 15) is 9.18 Å². The fourth-order valence-corrected chi connectivity index (χ4v) is 3.78. The van der Waals surface area contributed by atoms with E-state index in [4.69, 9.17) is 9.47 Å². The molecule has 2 heterocycles. The molecule has 2 fully saturated rings. The van der Waals surface area contributed by atoms with Crippen LogP contribution in [-0.2, 0) is 4.74 Å². The van der Waals surface area contributed by atoms with Gasteiger partial charge >= 0.3 is 0 Å². The van der Waals surface area contributed by atoms with Crippen LogP contribution in [0.1, 0.15) is 34.8 Å². The summed E-state index contributed by atoms with van der Waals surface area (Å²) in [6, 6.07) is 13.5. The summed E-state index contributed by atoms with van der Waals surface area (Å²) in [5.41, 5.74) is 1.41. The molecule has 0 saturated carbocycles. The van der Waals surface area contributed by atoms with E-state index in [0.717, 1.165) is 37.3 Å². The highest BCUT2D eigenvalue weighted by Crippen LogP contribution is 2.25. The molecule has 2 saturated heterocycles. The first-order valence-electron chi connectivity index (χ1n) is 9.82. The number of benzene rings is 2. The summed E-state index contributed by atoms with van der Waals surface area (Å²) < 4.78 is 25.0. The molecule has 1 amide bonds. The van der Waals surface area contributed by atoms with Gasteiger partial charge in [-0.2, -0.15) is 0 Å². The summed E-state index contributed by atoms with van der Waals surface area (Å²) in [7, 11) is 0. The van der Waals surface area contributed by atoms with Crippen LogP contribution in [0.2, 0.25) is 0 Å². The zero-order valence-electron chi connectivity index (χ0n) is 16.2. The number of rotatable bonds is 5.